The molecule has 2 unspecified atom stereocenters. The molecule has 1 rings (SSSR count). The van der Waals surface area contributed by atoms with Crippen molar-refractivity contribution in [2.45, 2.75) is 33.1 Å². The van der Waals surface area contributed by atoms with Gasteiger partial charge < -0.3 is 4.90 Å². The summed E-state index contributed by atoms with van der Waals surface area (Å²) in [7, 11) is 0. The molecule has 102 valence electrons. The maximum absolute atomic E-state index is 12.5. The van der Waals surface area contributed by atoms with Crippen LogP contribution < -0.4 is 0 Å². The lowest BCUT2D eigenvalue weighted by Crippen LogP contribution is -2.37. The van der Waals surface area contributed by atoms with Gasteiger partial charge in [0, 0.05) is 13.1 Å². The number of nitrogens with zero attached hydrogens (tertiary/aromatic N) is 2. The van der Waals surface area contributed by atoms with Crippen LogP contribution in [0.3, 0.4) is 0 Å². The Balaban J connectivity index is 2.86. The van der Waals surface area contributed by atoms with Gasteiger partial charge in [0.05, 0.1) is 6.07 Å². The lowest BCUT2D eigenvalue weighted by Gasteiger charge is -2.26. The van der Waals surface area contributed by atoms with Gasteiger partial charge in [-0.25, -0.2) is 0 Å². The zero-order chi connectivity index (χ0) is 14.3. The van der Waals surface area contributed by atoms with Crippen LogP contribution >= 0.6 is 0 Å². The number of hydrogen-bond donors (Lipinski definition) is 0. The van der Waals surface area contributed by atoms with Gasteiger partial charge >= 0.3 is 0 Å². The number of rotatable bonds is 6. The molecule has 0 spiro atoms. The van der Waals surface area contributed by atoms with Gasteiger partial charge in [-0.3, -0.25) is 4.79 Å². The summed E-state index contributed by atoms with van der Waals surface area (Å²) in [6, 6.07) is 11.4. The van der Waals surface area contributed by atoms with Gasteiger partial charge in [-0.05, 0) is 18.4 Å². The van der Waals surface area contributed by atoms with Crippen molar-refractivity contribution in [1.82, 2.24) is 4.90 Å². The molecule has 1 amide bonds. The number of carbonyl (C=O) groups is 1. The molecule has 3 heteroatoms. The second kappa shape index (κ2) is 7.58. The van der Waals surface area contributed by atoms with E-state index in [0.717, 1.165) is 18.5 Å². The smallest absolute Gasteiger partial charge is 0.244 e. The minimum absolute atomic E-state index is 0.0866. The molecule has 0 fully saturated rings. The van der Waals surface area contributed by atoms with Crippen LogP contribution in [-0.2, 0) is 4.79 Å². The molecule has 0 aliphatic heterocycles. The summed E-state index contributed by atoms with van der Waals surface area (Å²) in [5, 5.41) is 9.29. The first-order chi connectivity index (χ1) is 9.13. The van der Waals surface area contributed by atoms with E-state index in [9.17, 15) is 10.1 Å². The highest BCUT2D eigenvalue weighted by molar-refractivity contribution is 5.86. The Kier molecular flexibility index (Phi) is 6.08. The number of amides is 1. The van der Waals surface area contributed by atoms with E-state index in [1.54, 1.807) is 4.90 Å². The van der Waals surface area contributed by atoms with Crippen LogP contribution in [0.15, 0.2) is 30.3 Å². The van der Waals surface area contributed by atoms with Crippen LogP contribution in [-0.4, -0.2) is 23.9 Å². The minimum Gasteiger partial charge on any atom is -0.341 e. The Hall–Kier alpha value is -1.82. The molecule has 1 aromatic rings. The Morgan fingerprint density at radius 2 is 1.95 bits per heavy atom. The van der Waals surface area contributed by atoms with Gasteiger partial charge in [0.1, 0.15) is 5.92 Å². The van der Waals surface area contributed by atoms with Crippen molar-refractivity contribution < 1.29 is 4.79 Å². The Labute approximate surface area is 115 Å². The Morgan fingerprint density at radius 1 is 1.32 bits per heavy atom. The maximum atomic E-state index is 12.5. The van der Waals surface area contributed by atoms with Crippen molar-refractivity contribution >= 4 is 5.91 Å². The van der Waals surface area contributed by atoms with Crippen LogP contribution in [0.1, 0.15) is 38.7 Å². The highest BCUT2D eigenvalue weighted by Gasteiger charge is 2.25. The van der Waals surface area contributed by atoms with Gasteiger partial charge in [-0.2, -0.15) is 5.26 Å². The SMILES string of the molecule is CCC(C)CN(CC)C(=O)C(C#N)c1ccccc1. The molecule has 0 aromatic heterocycles. The summed E-state index contributed by atoms with van der Waals surface area (Å²) in [6.45, 7) is 7.56. The van der Waals surface area contributed by atoms with E-state index in [2.05, 4.69) is 19.9 Å². The zero-order valence-corrected chi connectivity index (χ0v) is 12.0. The van der Waals surface area contributed by atoms with Crippen molar-refractivity contribution in [3.05, 3.63) is 35.9 Å². The van der Waals surface area contributed by atoms with Gasteiger partial charge in [0.15, 0.2) is 0 Å². The number of nitriles is 1. The first-order valence-electron chi connectivity index (χ1n) is 6.87. The summed E-state index contributed by atoms with van der Waals surface area (Å²) < 4.78 is 0. The van der Waals surface area contributed by atoms with E-state index in [1.165, 1.54) is 0 Å². The van der Waals surface area contributed by atoms with Gasteiger partial charge in [-0.15, -0.1) is 0 Å². The van der Waals surface area contributed by atoms with Gasteiger partial charge in [0.2, 0.25) is 5.91 Å². The molecule has 0 bridgehead atoms. The summed E-state index contributed by atoms with van der Waals surface area (Å²) in [4.78, 5) is 14.2. The molecule has 19 heavy (non-hydrogen) atoms. The summed E-state index contributed by atoms with van der Waals surface area (Å²) in [6.07, 6.45) is 1.03. The molecule has 0 aliphatic carbocycles. The molecule has 0 aliphatic rings. The molecule has 0 N–H and O–H groups in total. The zero-order valence-electron chi connectivity index (χ0n) is 12.0. The number of likely N-dealkylation sites (N-methyl/N-ethyl adjacent to an activating group) is 1. The fourth-order valence-corrected chi connectivity index (χ4v) is 1.98. The third-order valence-electron chi connectivity index (χ3n) is 3.43. The maximum Gasteiger partial charge on any atom is 0.244 e. The van der Waals surface area contributed by atoms with E-state index in [0.29, 0.717) is 12.5 Å². The van der Waals surface area contributed by atoms with Crippen molar-refractivity contribution in [3.63, 3.8) is 0 Å². The van der Waals surface area contributed by atoms with E-state index in [4.69, 9.17) is 0 Å². The molecule has 0 saturated heterocycles. The predicted molar refractivity (Wildman–Crippen MR) is 76.5 cm³/mol. The highest BCUT2D eigenvalue weighted by atomic mass is 16.2. The monoisotopic (exact) mass is 258 g/mol. The predicted octanol–water partition coefficient (Wildman–Crippen LogP) is 3.19. The van der Waals surface area contributed by atoms with Crippen LogP contribution in [0.5, 0.6) is 0 Å². The van der Waals surface area contributed by atoms with E-state index < -0.39 is 5.92 Å². The Bertz CT molecular complexity index is 436. The third kappa shape index (κ3) is 4.10. The normalized spacial score (nSPS) is 13.4. The quantitative estimate of drug-likeness (QED) is 0.786. The lowest BCUT2D eigenvalue weighted by molar-refractivity contribution is -0.131. The van der Waals surface area contributed by atoms with E-state index in [1.807, 2.05) is 37.3 Å². The standard InChI is InChI=1S/C16H22N2O/c1-4-13(3)12-18(5-2)16(19)15(11-17)14-9-7-6-8-10-14/h6-10,13,15H,4-5,12H2,1-3H3. The summed E-state index contributed by atoms with van der Waals surface area (Å²) in [5.74, 6) is -0.319. The number of benzene rings is 1. The fourth-order valence-electron chi connectivity index (χ4n) is 1.98. The molecule has 1 aromatic carbocycles. The van der Waals surface area contributed by atoms with Crippen molar-refractivity contribution in [2.75, 3.05) is 13.1 Å². The van der Waals surface area contributed by atoms with Crippen molar-refractivity contribution in [2.24, 2.45) is 5.92 Å². The van der Waals surface area contributed by atoms with Crippen LogP contribution in [0.4, 0.5) is 0 Å². The Morgan fingerprint density at radius 3 is 2.42 bits per heavy atom. The van der Waals surface area contributed by atoms with Gasteiger partial charge in [0.25, 0.3) is 0 Å². The molecule has 3 nitrogen and oxygen atoms in total. The summed E-state index contributed by atoms with van der Waals surface area (Å²) in [5.41, 5.74) is 0.776. The highest BCUT2D eigenvalue weighted by Crippen LogP contribution is 2.18. The first kappa shape index (κ1) is 15.2. The first-order valence-corrected chi connectivity index (χ1v) is 6.87. The minimum atomic E-state index is -0.690. The van der Waals surface area contributed by atoms with Crippen molar-refractivity contribution in [1.29, 1.82) is 5.26 Å². The van der Waals surface area contributed by atoms with E-state index in [-0.39, 0.29) is 5.91 Å². The third-order valence-corrected chi connectivity index (χ3v) is 3.43. The molecular weight excluding hydrogens is 236 g/mol. The van der Waals surface area contributed by atoms with Crippen LogP contribution in [0.25, 0.3) is 0 Å². The average molecular weight is 258 g/mol. The summed E-state index contributed by atoms with van der Waals surface area (Å²) >= 11 is 0. The van der Waals surface area contributed by atoms with Gasteiger partial charge in [-0.1, -0.05) is 50.6 Å². The fraction of sp³-hybridized carbons (Fsp3) is 0.500. The molecule has 2 atom stereocenters. The van der Waals surface area contributed by atoms with Crippen LogP contribution in [0, 0.1) is 17.2 Å². The molecule has 0 radical (unpaired) electrons. The molecular formula is C16H22N2O. The topological polar surface area (TPSA) is 44.1 Å². The molecule has 0 saturated carbocycles. The van der Waals surface area contributed by atoms with Crippen LogP contribution in [0.2, 0.25) is 0 Å². The second-order valence-electron chi connectivity index (χ2n) is 4.86. The molecule has 0 heterocycles. The number of carbonyl (C=O) groups excluding carboxylic acids is 1. The average Bonchev–Trinajstić information content (AvgIpc) is 2.46. The number of hydrogen-bond acceptors (Lipinski definition) is 2. The lowest BCUT2D eigenvalue weighted by atomic mass is 9.98. The largest absolute Gasteiger partial charge is 0.341 e. The van der Waals surface area contributed by atoms with E-state index >= 15 is 0 Å². The van der Waals surface area contributed by atoms with Crippen molar-refractivity contribution in [3.8, 4) is 6.07 Å². The second-order valence-corrected chi connectivity index (χ2v) is 4.86.